The molecule has 1 rings (SSSR count). The molecule has 16 heavy (non-hydrogen) atoms. The van der Waals surface area contributed by atoms with Gasteiger partial charge in [-0.05, 0) is 23.8 Å². The molecule has 0 aliphatic heterocycles. The molecule has 1 aromatic carbocycles. The molecule has 0 amide bonds. The first kappa shape index (κ1) is 11.6. The molecule has 0 atom stereocenters. The van der Waals surface area contributed by atoms with E-state index in [0.29, 0.717) is 11.8 Å². The summed E-state index contributed by atoms with van der Waals surface area (Å²) in [6.07, 6.45) is 2.49. The van der Waals surface area contributed by atoms with Crippen LogP contribution in [0, 0.1) is 10.1 Å². The van der Waals surface area contributed by atoms with Gasteiger partial charge in [0.15, 0.2) is 6.29 Å². The number of benzene rings is 1. The number of carboxylic acid groups (broad SMARTS) is 1. The van der Waals surface area contributed by atoms with Crippen LogP contribution >= 0.6 is 0 Å². The standard InChI is InChI=1S/C10H7NO5/c12-6-8-5-7(2-4-10(13)14)1-3-9(8)11(15)16/h1-6H,(H,13,14). The fraction of sp³-hybridized carbons (Fsp3) is 0. The average Bonchev–Trinajstić information content (AvgIpc) is 2.25. The van der Waals surface area contributed by atoms with Crippen LogP contribution < -0.4 is 0 Å². The number of nitro benzene ring substituents is 1. The molecule has 6 heteroatoms. The second-order valence-corrected chi connectivity index (χ2v) is 2.86. The van der Waals surface area contributed by atoms with Gasteiger partial charge in [-0.1, -0.05) is 0 Å². The van der Waals surface area contributed by atoms with Gasteiger partial charge in [-0.15, -0.1) is 0 Å². The van der Waals surface area contributed by atoms with E-state index in [9.17, 15) is 19.7 Å². The maximum absolute atomic E-state index is 10.6. The van der Waals surface area contributed by atoms with Gasteiger partial charge in [-0.2, -0.15) is 0 Å². The van der Waals surface area contributed by atoms with Crippen molar-refractivity contribution in [2.45, 2.75) is 0 Å². The van der Waals surface area contributed by atoms with Crippen LogP contribution in [0.25, 0.3) is 6.08 Å². The molecular weight excluding hydrogens is 214 g/mol. The highest BCUT2D eigenvalue weighted by molar-refractivity contribution is 5.87. The highest BCUT2D eigenvalue weighted by atomic mass is 16.6. The van der Waals surface area contributed by atoms with E-state index in [1.165, 1.54) is 18.2 Å². The molecule has 0 saturated carbocycles. The Morgan fingerprint density at radius 1 is 1.44 bits per heavy atom. The molecule has 1 N–H and O–H groups in total. The number of nitro groups is 1. The number of hydrogen-bond donors (Lipinski definition) is 1. The third kappa shape index (κ3) is 2.74. The minimum atomic E-state index is -1.13. The fourth-order valence-electron chi connectivity index (χ4n) is 1.10. The van der Waals surface area contributed by atoms with Crippen LogP contribution in [-0.2, 0) is 4.79 Å². The normalized spacial score (nSPS) is 10.2. The van der Waals surface area contributed by atoms with Gasteiger partial charge in [-0.3, -0.25) is 14.9 Å². The van der Waals surface area contributed by atoms with E-state index in [1.807, 2.05) is 0 Å². The number of carbonyl (C=O) groups is 2. The van der Waals surface area contributed by atoms with Gasteiger partial charge < -0.3 is 5.11 Å². The zero-order chi connectivity index (χ0) is 12.1. The zero-order valence-corrected chi connectivity index (χ0v) is 7.99. The van der Waals surface area contributed by atoms with Gasteiger partial charge in [0.25, 0.3) is 5.69 Å². The first-order valence-electron chi connectivity index (χ1n) is 4.19. The van der Waals surface area contributed by atoms with E-state index < -0.39 is 10.9 Å². The van der Waals surface area contributed by atoms with Crippen LogP contribution in [0.15, 0.2) is 24.3 Å². The molecule has 0 saturated heterocycles. The average molecular weight is 221 g/mol. The number of carbonyl (C=O) groups excluding carboxylic acids is 1. The Kier molecular flexibility index (Phi) is 3.49. The van der Waals surface area contributed by atoms with Crippen LogP contribution in [-0.4, -0.2) is 22.3 Å². The van der Waals surface area contributed by atoms with E-state index in [4.69, 9.17) is 5.11 Å². The van der Waals surface area contributed by atoms with Gasteiger partial charge in [0.1, 0.15) is 0 Å². The van der Waals surface area contributed by atoms with E-state index in [2.05, 4.69) is 0 Å². The zero-order valence-electron chi connectivity index (χ0n) is 7.99. The Morgan fingerprint density at radius 2 is 2.12 bits per heavy atom. The monoisotopic (exact) mass is 221 g/mol. The summed E-state index contributed by atoms with van der Waals surface area (Å²) in [6.45, 7) is 0. The maximum Gasteiger partial charge on any atom is 0.328 e. The summed E-state index contributed by atoms with van der Waals surface area (Å²) in [4.78, 5) is 30.6. The Labute approximate surface area is 90.0 Å². The lowest BCUT2D eigenvalue weighted by Crippen LogP contribution is -1.94. The summed E-state index contributed by atoms with van der Waals surface area (Å²) in [6, 6.07) is 3.78. The van der Waals surface area contributed by atoms with Crippen LogP contribution in [0.1, 0.15) is 15.9 Å². The lowest BCUT2D eigenvalue weighted by atomic mass is 10.1. The van der Waals surface area contributed by atoms with Crippen molar-refractivity contribution in [1.82, 2.24) is 0 Å². The molecule has 0 bridgehead atoms. The van der Waals surface area contributed by atoms with Gasteiger partial charge in [0.2, 0.25) is 0 Å². The Hall–Kier alpha value is -2.50. The third-order valence-electron chi connectivity index (χ3n) is 1.79. The quantitative estimate of drug-likeness (QED) is 0.359. The van der Waals surface area contributed by atoms with Crippen molar-refractivity contribution in [3.63, 3.8) is 0 Å². The number of aliphatic carboxylic acids is 1. The van der Waals surface area contributed by atoms with Crippen molar-refractivity contribution in [1.29, 1.82) is 0 Å². The van der Waals surface area contributed by atoms with Crippen LogP contribution in [0.5, 0.6) is 0 Å². The van der Waals surface area contributed by atoms with Gasteiger partial charge in [0, 0.05) is 12.1 Å². The lowest BCUT2D eigenvalue weighted by Gasteiger charge is -1.97. The van der Waals surface area contributed by atoms with Crippen molar-refractivity contribution in [2.75, 3.05) is 0 Å². The highest BCUT2D eigenvalue weighted by Crippen LogP contribution is 2.18. The molecule has 0 fully saturated rings. The van der Waals surface area contributed by atoms with Crippen molar-refractivity contribution in [3.8, 4) is 0 Å². The lowest BCUT2D eigenvalue weighted by molar-refractivity contribution is -0.385. The van der Waals surface area contributed by atoms with Crippen LogP contribution in [0.2, 0.25) is 0 Å². The molecule has 0 aromatic heterocycles. The molecule has 6 nitrogen and oxygen atoms in total. The second kappa shape index (κ2) is 4.83. The summed E-state index contributed by atoms with van der Waals surface area (Å²) in [5.74, 6) is -1.13. The maximum atomic E-state index is 10.6. The molecule has 0 aliphatic carbocycles. The minimum Gasteiger partial charge on any atom is -0.478 e. The molecule has 0 aliphatic rings. The molecule has 82 valence electrons. The summed E-state index contributed by atoms with van der Waals surface area (Å²) < 4.78 is 0. The first-order valence-corrected chi connectivity index (χ1v) is 4.19. The Morgan fingerprint density at radius 3 is 2.62 bits per heavy atom. The van der Waals surface area contributed by atoms with E-state index >= 15 is 0 Å². The van der Waals surface area contributed by atoms with Crippen molar-refractivity contribution in [3.05, 3.63) is 45.5 Å². The van der Waals surface area contributed by atoms with Gasteiger partial charge >= 0.3 is 5.97 Å². The first-order chi connectivity index (χ1) is 7.54. The van der Waals surface area contributed by atoms with Crippen molar-refractivity contribution >= 4 is 24.0 Å². The number of nitrogens with zero attached hydrogens (tertiary/aromatic N) is 1. The predicted octanol–water partition coefficient (Wildman–Crippen LogP) is 1.51. The highest BCUT2D eigenvalue weighted by Gasteiger charge is 2.12. The molecule has 1 aromatic rings. The Balaban J connectivity index is 3.14. The molecule has 0 heterocycles. The third-order valence-corrected chi connectivity index (χ3v) is 1.79. The van der Waals surface area contributed by atoms with Gasteiger partial charge in [0.05, 0.1) is 10.5 Å². The largest absolute Gasteiger partial charge is 0.478 e. The molecule has 0 radical (unpaired) electrons. The smallest absolute Gasteiger partial charge is 0.328 e. The summed E-state index contributed by atoms with van der Waals surface area (Å²) in [7, 11) is 0. The van der Waals surface area contributed by atoms with E-state index in [-0.39, 0.29) is 11.3 Å². The predicted molar refractivity (Wildman–Crippen MR) is 55.2 cm³/mol. The number of aldehydes is 1. The SMILES string of the molecule is O=Cc1cc(C=CC(=O)O)ccc1[N+](=O)[O-]. The van der Waals surface area contributed by atoms with Crippen LogP contribution in [0.4, 0.5) is 5.69 Å². The topological polar surface area (TPSA) is 97.5 Å². The van der Waals surface area contributed by atoms with E-state index in [0.717, 1.165) is 12.1 Å². The van der Waals surface area contributed by atoms with Gasteiger partial charge in [-0.25, -0.2) is 4.79 Å². The summed E-state index contributed by atoms with van der Waals surface area (Å²) in [5.41, 5.74) is 0.0233. The fourth-order valence-corrected chi connectivity index (χ4v) is 1.10. The Bertz CT molecular complexity index is 478. The number of hydrogen-bond acceptors (Lipinski definition) is 4. The minimum absolute atomic E-state index is 0.0856. The summed E-state index contributed by atoms with van der Waals surface area (Å²) in [5, 5.41) is 18.9. The molecule has 0 unspecified atom stereocenters. The number of carboxylic acids is 1. The summed E-state index contributed by atoms with van der Waals surface area (Å²) >= 11 is 0. The number of rotatable bonds is 4. The second-order valence-electron chi connectivity index (χ2n) is 2.86. The van der Waals surface area contributed by atoms with Crippen LogP contribution in [0.3, 0.4) is 0 Å². The van der Waals surface area contributed by atoms with Crippen molar-refractivity contribution < 1.29 is 19.6 Å². The molecule has 0 spiro atoms. The van der Waals surface area contributed by atoms with E-state index in [1.54, 1.807) is 0 Å². The van der Waals surface area contributed by atoms with Crippen molar-refractivity contribution in [2.24, 2.45) is 0 Å². The molecular formula is C10H7NO5.